The van der Waals surface area contributed by atoms with Gasteiger partial charge in [0, 0.05) is 26.2 Å². The molecule has 6 heteroatoms. The fourth-order valence-electron chi connectivity index (χ4n) is 1.72. The van der Waals surface area contributed by atoms with Crippen LogP contribution in [0.2, 0.25) is 0 Å². The molecule has 1 aromatic carbocycles. The standard InChI is InChI=1S/C14H25N3O2S/c1-5-17(4)20(18,19)16-10-14(15)13-8-6-12(7-9-13)11(2)3/h6-9,11,14,16H,5,10,15H2,1-4H3. The Balaban J connectivity index is 2.65. The minimum Gasteiger partial charge on any atom is -0.323 e. The lowest BCUT2D eigenvalue weighted by molar-refractivity contribution is 0.470. The van der Waals surface area contributed by atoms with E-state index in [0.717, 1.165) is 5.56 Å². The Labute approximate surface area is 122 Å². The molecular formula is C14H25N3O2S. The molecular weight excluding hydrogens is 274 g/mol. The molecule has 0 aliphatic heterocycles. The minimum atomic E-state index is -3.43. The third kappa shape index (κ3) is 4.56. The van der Waals surface area contributed by atoms with Crippen LogP contribution in [0.1, 0.15) is 43.9 Å². The zero-order valence-electron chi connectivity index (χ0n) is 12.6. The zero-order chi connectivity index (χ0) is 15.3. The van der Waals surface area contributed by atoms with Gasteiger partial charge in [-0.15, -0.1) is 0 Å². The highest BCUT2D eigenvalue weighted by molar-refractivity contribution is 7.87. The summed E-state index contributed by atoms with van der Waals surface area (Å²) >= 11 is 0. The van der Waals surface area contributed by atoms with E-state index in [9.17, 15) is 8.42 Å². The van der Waals surface area contributed by atoms with E-state index >= 15 is 0 Å². The second-order valence-corrected chi connectivity index (χ2v) is 7.06. The van der Waals surface area contributed by atoms with Gasteiger partial charge >= 0.3 is 0 Å². The maximum Gasteiger partial charge on any atom is 0.279 e. The fourth-order valence-corrected chi connectivity index (χ4v) is 2.67. The van der Waals surface area contributed by atoms with Gasteiger partial charge in [0.05, 0.1) is 0 Å². The van der Waals surface area contributed by atoms with Gasteiger partial charge in [-0.05, 0) is 17.0 Å². The smallest absolute Gasteiger partial charge is 0.279 e. The molecule has 0 amide bonds. The first-order valence-electron chi connectivity index (χ1n) is 6.84. The first-order valence-corrected chi connectivity index (χ1v) is 8.28. The number of nitrogens with one attached hydrogen (secondary N) is 1. The van der Waals surface area contributed by atoms with Gasteiger partial charge < -0.3 is 5.73 Å². The molecule has 3 N–H and O–H groups in total. The van der Waals surface area contributed by atoms with Crippen molar-refractivity contribution in [2.75, 3.05) is 20.1 Å². The second-order valence-electron chi connectivity index (χ2n) is 5.20. The van der Waals surface area contributed by atoms with Crippen molar-refractivity contribution in [3.8, 4) is 0 Å². The van der Waals surface area contributed by atoms with Crippen molar-refractivity contribution in [2.45, 2.75) is 32.7 Å². The summed E-state index contributed by atoms with van der Waals surface area (Å²) in [6, 6.07) is 7.63. The van der Waals surface area contributed by atoms with E-state index in [2.05, 4.69) is 18.6 Å². The highest BCUT2D eigenvalue weighted by atomic mass is 32.2. The van der Waals surface area contributed by atoms with Crippen LogP contribution in [-0.4, -0.2) is 32.9 Å². The summed E-state index contributed by atoms with van der Waals surface area (Å²) in [6.45, 7) is 6.65. The van der Waals surface area contributed by atoms with Crippen molar-refractivity contribution in [1.82, 2.24) is 9.03 Å². The number of hydrogen-bond donors (Lipinski definition) is 2. The summed E-state index contributed by atoms with van der Waals surface area (Å²) < 4.78 is 27.4. The molecule has 0 saturated carbocycles. The van der Waals surface area contributed by atoms with Crippen LogP contribution in [0.25, 0.3) is 0 Å². The lowest BCUT2D eigenvalue weighted by Gasteiger charge is -2.18. The van der Waals surface area contributed by atoms with Gasteiger partial charge in [-0.3, -0.25) is 0 Å². The molecule has 0 heterocycles. The summed E-state index contributed by atoms with van der Waals surface area (Å²) in [5.74, 6) is 0.469. The molecule has 0 spiro atoms. The highest BCUT2D eigenvalue weighted by Crippen LogP contribution is 2.17. The Morgan fingerprint density at radius 2 is 1.70 bits per heavy atom. The maximum absolute atomic E-state index is 11.8. The van der Waals surface area contributed by atoms with Crippen LogP contribution in [0.4, 0.5) is 0 Å². The average molecular weight is 299 g/mol. The third-order valence-electron chi connectivity index (χ3n) is 3.37. The molecule has 1 rings (SSSR count). The van der Waals surface area contributed by atoms with Gasteiger partial charge in [-0.1, -0.05) is 45.0 Å². The maximum atomic E-state index is 11.8. The molecule has 1 unspecified atom stereocenters. The molecule has 1 atom stereocenters. The zero-order valence-corrected chi connectivity index (χ0v) is 13.4. The van der Waals surface area contributed by atoms with Crippen LogP contribution in [0.3, 0.4) is 0 Å². The Kier molecular flexibility index (Phi) is 6.13. The van der Waals surface area contributed by atoms with Crippen LogP contribution in [0, 0.1) is 0 Å². The molecule has 114 valence electrons. The molecule has 0 aliphatic carbocycles. The van der Waals surface area contributed by atoms with E-state index in [4.69, 9.17) is 5.73 Å². The van der Waals surface area contributed by atoms with E-state index in [1.54, 1.807) is 6.92 Å². The van der Waals surface area contributed by atoms with E-state index in [0.29, 0.717) is 12.5 Å². The second kappa shape index (κ2) is 7.17. The number of hydrogen-bond acceptors (Lipinski definition) is 3. The Morgan fingerprint density at radius 1 is 1.20 bits per heavy atom. The molecule has 0 aromatic heterocycles. The van der Waals surface area contributed by atoms with E-state index in [-0.39, 0.29) is 12.6 Å². The highest BCUT2D eigenvalue weighted by Gasteiger charge is 2.17. The van der Waals surface area contributed by atoms with Gasteiger partial charge in [0.2, 0.25) is 0 Å². The van der Waals surface area contributed by atoms with Crippen LogP contribution in [-0.2, 0) is 10.2 Å². The minimum absolute atomic E-state index is 0.188. The fraction of sp³-hybridized carbons (Fsp3) is 0.571. The Morgan fingerprint density at radius 3 is 2.15 bits per heavy atom. The van der Waals surface area contributed by atoms with Gasteiger partial charge in [0.15, 0.2) is 0 Å². The summed E-state index contributed by atoms with van der Waals surface area (Å²) in [6.07, 6.45) is 0. The number of rotatable bonds is 7. The first-order chi connectivity index (χ1) is 9.27. The quantitative estimate of drug-likeness (QED) is 0.803. The topological polar surface area (TPSA) is 75.4 Å². The Hall–Kier alpha value is -0.950. The van der Waals surface area contributed by atoms with Crippen LogP contribution < -0.4 is 10.5 Å². The first kappa shape index (κ1) is 17.1. The van der Waals surface area contributed by atoms with Crippen LogP contribution in [0.15, 0.2) is 24.3 Å². The van der Waals surface area contributed by atoms with Crippen LogP contribution >= 0.6 is 0 Å². The normalized spacial score (nSPS) is 13.9. The van der Waals surface area contributed by atoms with Gasteiger partial charge in [0.25, 0.3) is 10.2 Å². The summed E-state index contributed by atoms with van der Waals surface area (Å²) in [5.41, 5.74) is 8.19. The molecule has 0 saturated heterocycles. The van der Waals surface area contributed by atoms with E-state index < -0.39 is 10.2 Å². The molecule has 0 radical (unpaired) electrons. The lowest BCUT2D eigenvalue weighted by atomic mass is 9.99. The van der Waals surface area contributed by atoms with Crippen LogP contribution in [0.5, 0.6) is 0 Å². The predicted octanol–water partition coefficient (Wildman–Crippen LogP) is 1.60. The van der Waals surface area contributed by atoms with Crippen molar-refractivity contribution in [2.24, 2.45) is 5.73 Å². The summed E-state index contributed by atoms with van der Waals surface area (Å²) in [7, 11) is -1.90. The average Bonchev–Trinajstić information content (AvgIpc) is 2.43. The van der Waals surface area contributed by atoms with E-state index in [1.165, 1.54) is 16.9 Å². The molecule has 20 heavy (non-hydrogen) atoms. The SMILES string of the molecule is CCN(C)S(=O)(=O)NCC(N)c1ccc(C(C)C)cc1. The molecule has 0 fully saturated rings. The number of nitrogens with two attached hydrogens (primary N) is 1. The van der Waals surface area contributed by atoms with Crippen molar-refractivity contribution in [3.63, 3.8) is 0 Å². The summed E-state index contributed by atoms with van der Waals surface area (Å²) in [4.78, 5) is 0. The van der Waals surface area contributed by atoms with Gasteiger partial charge in [0.1, 0.15) is 0 Å². The number of benzene rings is 1. The molecule has 0 aliphatic rings. The van der Waals surface area contributed by atoms with Crippen molar-refractivity contribution in [3.05, 3.63) is 35.4 Å². The van der Waals surface area contributed by atoms with Crippen molar-refractivity contribution < 1.29 is 8.42 Å². The predicted molar refractivity (Wildman–Crippen MR) is 82.7 cm³/mol. The van der Waals surface area contributed by atoms with Gasteiger partial charge in [-0.2, -0.15) is 12.7 Å². The molecule has 5 nitrogen and oxygen atoms in total. The third-order valence-corrected chi connectivity index (χ3v) is 4.98. The number of nitrogens with zero attached hydrogens (tertiary/aromatic N) is 1. The summed E-state index contributed by atoms with van der Waals surface area (Å²) in [5, 5.41) is 0. The van der Waals surface area contributed by atoms with Gasteiger partial charge in [-0.25, -0.2) is 4.72 Å². The van der Waals surface area contributed by atoms with E-state index in [1.807, 2.05) is 24.3 Å². The lowest BCUT2D eigenvalue weighted by Crippen LogP contribution is -2.41. The molecule has 1 aromatic rings. The Bertz CT molecular complexity index is 512. The molecule has 0 bridgehead atoms. The van der Waals surface area contributed by atoms with Crippen molar-refractivity contribution in [1.29, 1.82) is 0 Å². The monoisotopic (exact) mass is 299 g/mol. The van der Waals surface area contributed by atoms with Crippen molar-refractivity contribution >= 4 is 10.2 Å². The largest absolute Gasteiger partial charge is 0.323 e.